The second kappa shape index (κ2) is 5.54. The second-order valence-corrected chi connectivity index (χ2v) is 2.37. The first-order chi connectivity index (χ1) is 4.31. The van der Waals surface area contributed by atoms with Crippen molar-refractivity contribution in [3.8, 4) is 0 Å². The molecule has 0 N–H and O–H groups in total. The summed E-state index contributed by atoms with van der Waals surface area (Å²) in [5.74, 6) is 0.528. The molecular formula is C8H14O. The van der Waals surface area contributed by atoms with Gasteiger partial charge in [-0.05, 0) is 18.8 Å². The highest BCUT2D eigenvalue weighted by atomic mass is 16.1. The number of carbonyl (C=O) groups excluding carboxylic acids is 1. The van der Waals surface area contributed by atoms with Crippen molar-refractivity contribution in [2.45, 2.75) is 26.2 Å². The Labute approximate surface area is 56.8 Å². The van der Waals surface area contributed by atoms with Gasteiger partial charge in [-0.15, -0.1) is 6.58 Å². The zero-order valence-electron chi connectivity index (χ0n) is 5.97. The van der Waals surface area contributed by atoms with E-state index in [1.165, 1.54) is 0 Å². The van der Waals surface area contributed by atoms with Crippen LogP contribution in [0.2, 0.25) is 0 Å². The largest absolute Gasteiger partial charge is 0.303 e. The Kier molecular flexibility index (Phi) is 5.18. The smallest absolute Gasteiger partial charge is 0.120 e. The van der Waals surface area contributed by atoms with Crippen LogP contribution in [0.5, 0.6) is 0 Å². The Morgan fingerprint density at radius 3 is 2.78 bits per heavy atom. The lowest BCUT2D eigenvalue weighted by molar-refractivity contribution is -0.108. The molecule has 0 aromatic carbocycles. The molecular weight excluding hydrogens is 112 g/mol. The van der Waals surface area contributed by atoms with Crippen LogP contribution in [0.4, 0.5) is 0 Å². The fourth-order valence-corrected chi connectivity index (χ4v) is 0.684. The Hall–Kier alpha value is -0.590. The van der Waals surface area contributed by atoms with Crippen molar-refractivity contribution in [2.75, 3.05) is 0 Å². The van der Waals surface area contributed by atoms with Gasteiger partial charge in [0, 0.05) is 6.42 Å². The normalized spacial score (nSPS) is 12.6. The average Bonchev–Trinajstić information content (AvgIpc) is 1.85. The van der Waals surface area contributed by atoms with Crippen LogP contribution in [0.25, 0.3) is 0 Å². The van der Waals surface area contributed by atoms with Crippen molar-refractivity contribution in [1.82, 2.24) is 0 Å². The van der Waals surface area contributed by atoms with E-state index in [4.69, 9.17) is 0 Å². The van der Waals surface area contributed by atoms with Gasteiger partial charge in [0.1, 0.15) is 6.29 Å². The van der Waals surface area contributed by atoms with Crippen molar-refractivity contribution < 1.29 is 4.79 Å². The van der Waals surface area contributed by atoms with Crippen LogP contribution in [0.1, 0.15) is 26.2 Å². The van der Waals surface area contributed by atoms with Crippen LogP contribution in [0.15, 0.2) is 12.7 Å². The van der Waals surface area contributed by atoms with Crippen LogP contribution < -0.4 is 0 Å². The second-order valence-electron chi connectivity index (χ2n) is 2.37. The molecule has 1 nitrogen and oxygen atoms in total. The molecule has 0 saturated heterocycles. The highest BCUT2D eigenvalue weighted by molar-refractivity contribution is 5.49. The molecule has 0 bridgehead atoms. The van der Waals surface area contributed by atoms with Gasteiger partial charge >= 0.3 is 0 Å². The van der Waals surface area contributed by atoms with E-state index in [2.05, 4.69) is 13.5 Å². The Bertz CT molecular complexity index is 86.6. The van der Waals surface area contributed by atoms with E-state index in [-0.39, 0.29) is 0 Å². The number of aldehydes is 1. The molecule has 0 saturated carbocycles. The third-order valence-electron chi connectivity index (χ3n) is 1.36. The Morgan fingerprint density at radius 2 is 2.33 bits per heavy atom. The van der Waals surface area contributed by atoms with Gasteiger partial charge in [0.05, 0.1) is 0 Å². The molecule has 0 aliphatic heterocycles. The van der Waals surface area contributed by atoms with Crippen LogP contribution >= 0.6 is 0 Å². The summed E-state index contributed by atoms with van der Waals surface area (Å²) < 4.78 is 0. The van der Waals surface area contributed by atoms with Gasteiger partial charge < -0.3 is 4.79 Å². The van der Waals surface area contributed by atoms with Gasteiger partial charge in [0.15, 0.2) is 0 Å². The number of carbonyl (C=O) groups is 1. The average molecular weight is 126 g/mol. The lowest BCUT2D eigenvalue weighted by atomic mass is 10.0. The fraction of sp³-hybridized carbons (Fsp3) is 0.625. The van der Waals surface area contributed by atoms with Crippen LogP contribution in [0.3, 0.4) is 0 Å². The summed E-state index contributed by atoms with van der Waals surface area (Å²) in [5, 5.41) is 0. The maximum atomic E-state index is 9.95. The van der Waals surface area contributed by atoms with Crippen molar-refractivity contribution in [1.29, 1.82) is 0 Å². The summed E-state index contributed by atoms with van der Waals surface area (Å²) in [7, 11) is 0. The first-order valence-corrected chi connectivity index (χ1v) is 3.35. The molecule has 9 heavy (non-hydrogen) atoms. The molecule has 0 aromatic rings. The molecule has 0 rings (SSSR count). The number of allylic oxidation sites excluding steroid dienone is 1. The minimum Gasteiger partial charge on any atom is -0.303 e. The van der Waals surface area contributed by atoms with E-state index in [1.807, 2.05) is 6.08 Å². The molecule has 0 aliphatic rings. The van der Waals surface area contributed by atoms with Gasteiger partial charge in [-0.2, -0.15) is 0 Å². The lowest BCUT2D eigenvalue weighted by Crippen LogP contribution is -1.93. The third-order valence-corrected chi connectivity index (χ3v) is 1.36. The van der Waals surface area contributed by atoms with E-state index >= 15 is 0 Å². The molecule has 1 heteroatoms. The number of hydrogen-bond acceptors (Lipinski definition) is 1. The summed E-state index contributed by atoms with van der Waals surface area (Å²) >= 11 is 0. The van der Waals surface area contributed by atoms with E-state index in [0.29, 0.717) is 12.3 Å². The lowest BCUT2D eigenvalue weighted by Gasteiger charge is -2.02. The minimum absolute atomic E-state index is 0.528. The summed E-state index contributed by atoms with van der Waals surface area (Å²) in [4.78, 5) is 9.95. The summed E-state index contributed by atoms with van der Waals surface area (Å²) in [6.07, 6.45) is 5.67. The fourth-order valence-electron chi connectivity index (χ4n) is 0.684. The van der Waals surface area contributed by atoms with E-state index in [9.17, 15) is 4.79 Å². The van der Waals surface area contributed by atoms with Gasteiger partial charge in [0.25, 0.3) is 0 Å². The quantitative estimate of drug-likeness (QED) is 0.407. The first kappa shape index (κ1) is 8.41. The van der Waals surface area contributed by atoms with Crippen LogP contribution in [-0.4, -0.2) is 6.29 Å². The molecule has 0 aliphatic carbocycles. The van der Waals surface area contributed by atoms with Gasteiger partial charge in [-0.25, -0.2) is 0 Å². The predicted octanol–water partition coefficient (Wildman–Crippen LogP) is 2.18. The third kappa shape index (κ3) is 5.28. The molecule has 0 spiro atoms. The summed E-state index contributed by atoms with van der Waals surface area (Å²) in [5.41, 5.74) is 0. The van der Waals surface area contributed by atoms with Gasteiger partial charge in [-0.1, -0.05) is 13.0 Å². The first-order valence-electron chi connectivity index (χ1n) is 3.35. The molecule has 1 atom stereocenters. The van der Waals surface area contributed by atoms with Crippen molar-refractivity contribution in [2.24, 2.45) is 5.92 Å². The van der Waals surface area contributed by atoms with Gasteiger partial charge in [0.2, 0.25) is 0 Å². The molecule has 0 radical (unpaired) electrons. The Morgan fingerprint density at radius 1 is 1.67 bits per heavy atom. The van der Waals surface area contributed by atoms with Crippen LogP contribution in [-0.2, 0) is 4.79 Å². The van der Waals surface area contributed by atoms with Crippen molar-refractivity contribution in [3.05, 3.63) is 12.7 Å². The number of rotatable bonds is 5. The SMILES string of the molecule is C=CCC[C@@H](C)CC=O. The summed E-state index contributed by atoms with van der Waals surface area (Å²) in [6, 6.07) is 0. The van der Waals surface area contributed by atoms with E-state index in [1.54, 1.807) is 0 Å². The molecule has 52 valence electrons. The highest BCUT2D eigenvalue weighted by Gasteiger charge is 1.97. The minimum atomic E-state index is 0.528. The molecule has 0 fully saturated rings. The monoisotopic (exact) mass is 126 g/mol. The maximum absolute atomic E-state index is 9.95. The van der Waals surface area contributed by atoms with Gasteiger partial charge in [-0.3, -0.25) is 0 Å². The zero-order chi connectivity index (χ0) is 7.11. The molecule has 0 heterocycles. The molecule has 0 aromatic heterocycles. The zero-order valence-corrected chi connectivity index (χ0v) is 5.97. The maximum Gasteiger partial charge on any atom is 0.120 e. The standard InChI is InChI=1S/C8H14O/c1-3-4-5-8(2)6-7-9/h3,7-8H,1,4-6H2,2H3/t8-/m1/s1. The topological polar surface area (TPSA) is 17.1 Å². The van der Waals surface area contributed by atoms with Crippen molar-refractivity contribution >= 4 is 6.29 Å². The molecule has 0 unspecified atom stereocenters. The van der Waals surface area contributed by atoms with E-state index < -0.39 is 0 Å². The highest BCUT2D eigenvalue weighted by Crippen LogP contribution is 2.07. The van der Waals surface area contributed by atoms with Crippen molar-refractivity contribution in [3.63, 3.8) is 0 Å². The van der Waals surface area contributed by atoms with Crippen LogP contribution in [0, 0.1) is 5.92 Å². The number of hydrogen-bond donors (Lipinski definition) is 0. The summed E-state index contributed by atoms with van der Waals surface area (Å²) in [6.45, 7) is 5.69. The Balaban J connectivity index is 3.14. The van der Waals surface area contributed by atoms with E-state index in [0.717, 1.165) is 19.1 Å². The predicted molar refractivity (Wildman–Crippen MR) is 39.3 cm³/mol. The molecule has 0 amide bonds.